The lowest BCUT2D eigenvalue weighted by Gasteiger charge is -2.29. The molecule has 1 heterocycles. The topological polar surface area (TPSA) is 32.3 Å². The molecule has 0 aromatic heterocycles. The van der Waals surface area contributed by atoms with Crippen molar-refractivity contribution in [3.63, 3.8) is 0 Å². The van der Waals surface area contributed by atoms with Crippen LogP contribution in [0, 0.1) is 11.6 Å². The smallest absolute Gasteiger partial charge is 0.254 e. The highest BCUT2D eigenvalue weighted by Gasteiger charge is 2.24. The molecule has 1 aromatic carbocycles. The van der Waals surface area contributed by atoms with Crippen LogP contribution in [-0.2, 0) is 0 Å². The second kappa shape index (κ2) is 6.31. The number of rotatable bonds is 4. The van der Waals surface area contributed by atoms with Crippen LogP contribution in [0.2, 0.25) is 0 Å². The third kappa shape index (κ3) is 3.33. The van der Waals surface area contributed by atoms with Gasteiger partial charge in [-0.15, -0.1) is 0 Å². The molecule has 1 fully saturated rings. The lowest BCUT2D eigenvalue weighted by molar-refractivity contribution is 0.0688. The molecule has 3 nitrogen and oxygen atoms in total. The van der Waals surface area contributed by atoms with E-state index in [9.17, 15) is 13.6 Å². The summed E-state index contributed by atoms with van der Waals surface area (Å²) in [6.45, 7) is 5.41. The summed E-state index contributed by atoms with van der Waals surface area (Å²) in [5, 5.41) is 3.34. The summed E-state index contributed by atoms with van der Waals surface area (Å²) in [6, 6.07) is 3.59. The van der Waals surface area contributed by atoms with Crippen LogP contribution in [0.5, 0.6) is 0 Å². The van der Waals surface area contributed by atoms with E-state index in [1.807, 2.05) is 13.8 Å². The van der Waals surface area contributed by atoms with Crippen LogP contribution in [0.4, 0.5) is 8.78 Å². The molecule has 0 spiro atoms. The molecule has 0 radical (unpaired) electrons. The minimum absolute atomic E-state index is 0.0121. The Kier molecular flexibility index (Phi) is 4.70. The molecule has 2 rings (SSSR count). The van der Waals surface area contributed by atoms with Crippen molar-refractivity contribution in [3.05, 3.63) is 35.4 Å². The number of carbonyl (C=O) groups excluding carboxylic acids is 1. The fourth-order valence-corrected chi connectivity index (χ4v) is 2.47. The van der Waals surface area contributed by atoms with Gasteiger partial charge < -0.3 is 10.2 Å². The summed E-state index contributed by atoms with van der Waals surface area (Å²) in [7, 11) is 0. The number of hydrogen-bond donors (Lipinski definition) is 1. The molecule has 1 aliphatic heterocycles. The van der Waals surface area contributed by atoms with Crippen LogP contribution in [0.3, 0.4) is 0 Å². The molecule has 1 amide bonds. The lowest BCUT2D eigenvalue weighted by atomic mass is 10.1. The second-order valence-electron chi connectivity index (χ2n) is 5.47. The van der Waals surface area contributed by atoms with Gasteiger partial charge in [0.2, 0.25) is 0 Å². The van der Waals surface area contributed by atoms with Gasteiger partial charge in [-0.3, -0.25) is 4.79 Å². The summed E-state index contributed by atoms with van der Waals surface area (Å²) in [6.07, 6.45) is 2.14. The zero-order chi connectivity index (χ0) is 14.7. The quantitative estimate of drug-likeness (QED) is 0.920. The number of amides is 1. The van der Waals surface area contributed by atoms with Crippen molar-refractivity contribution < 1.29 is 13.6 Å². The molecule has 1 N–H and O–H groups in total. The Balaban J connectivity index is 2.15. The van der Waals surface area contributed by atoms with Crippen molar-refractivity contribution in [2.75, 3.05) is 13.1 Å². The first-order valence-corrected chi connectivity index (χ1v) is 6.98. The van der Waals surface area contributed by atoms with Gasteiger partial charge in [-0.2, -0.15) is 0 Å². The maximum atomic E-state index is 13.3. The van der Waals surface area contributed by atoms with Gasteiger partial charge >= 0.3 is 0 Å². The maximum absolute atomic E-state index is 13.3. The third-order valence-corrected chi connectivity index (χ3v) is 3.63. The van der Waals surface area contributed by atoms with Crippen molar-refractivity contribution in [3.8, 4) is 0 Å². The average Bonchev–Trinajstić information content (AvgIpc) is 2.91. The summed E-state index contributed by atoms with van der Waals surface area (Å²) in [5.41, 5.74) is 0.190. The van der Waals surface area contributed by atoms with Crippen LogP contribution in [0.25, 0.3) is 0 Å². The van der Waals surface area contributed by atoms with Crippen LogP contribution in [0.1, 0.15) is 37.0 Å². The average molecular weight is 282 g/mol. The molecule has 1 aliphatic rings. The zero-order valence-corrected chi connectivity index (χ0v) is 11.8. The number of hydrogen-bond acceptors (Lipinski definition) is 2. The highest BCUT2D eigenvalue weighted by atomic mass is 19.2. The van der Waals surface area contributed by atoms with Gasteiger partial charge in [0.05, 0.1) is 0 Å². The van der Waals surface area contributed by atoms with Gasteiger partial charge in [0.1, 0.15) is 0 Å². The summed E-state index contributed by atoms with van der Waals surface area (Å²) < 4.78 is 26.2. The highest BCUT2D eigenvalue weighted by molar-refractivity contribution is 5.94. The van der Waals surface area contributed by atoms with Crippen molar-refractivity contribution in [2.24, 2.45) is 0 Å². The number of nitrogens with zero attached hydrogens (tertiary/aromatic N) is 1. The number of benzene rings is 1. The second-order valence-corrected chi connectivity index (χ2v) is 5.47. The highest BCUT2D eigenvalue weighted by Crippen LogP contribution is 2.15. The summed E-state index contributed by atoms with van der Waals surface area (Å²) >= 11 is 0. The molecular weight excluding hydrogens is 262 g/mol. The van der Waals surface area contributed by atoms with Crippen molar-refractivity contribution in [1.82, 2.24) is 10.2 Å². The zero-order valence-electron chi connectivity index (χ0n) is 11.8. The predicted octanol–water partition coefficient (Wildman–Crippen LogP) is 2.57. The van der Waals surface area contributed by atoms with E-state index in [0.29, 0.717) is 6.54 Å². The number of nitrogens with one attached hydrogen (secondary N) is 1. The summed E-state index contributed by atoms with van der Waals surface area (Å²) in [4.78, 5) is 14.2. The van der Waals surface area contributed by atoms with Gasteiger partial charge in [-0.05, 0) is 51.4 Å². The Hall–Kier alpha value is -1.49. The van der Waals surface area contributed by atoms with E-state index in [4.69, 9.17) is 0 Å². The van der Waals surface area contributed by atoms with Crippen LogP contribution in [0.15, 0.2) is 18.2 Å². The fourth-order valence-electron chi connectivity index (χ4n) is 2.47. The largest absolute Gasteiger partial charge is 0.335 e. The molecule has 1 saturated heterocycles. The first-order valence-electron chi connectivity index (χ1n) is 6.98. The lowest BCUT2D eigenvalue weighted by Crippen LogP contribution is -2.44. The van der Waals surface area contributed by atoms with Crippen molar-refractivity contribution in [1.29, 1.82) is 0 Å². The molecule has 0 aliphatic carbocycles. The molecule has 1 aromatic rings. The van der Waals surface area contributed by atoms with E-state index in [2.05, 4.69) is 5.32 Å². The van der Waals surface area contributed by atoms with E-state index >= 15 is 0 Å². The molecule has 5 heteroatoms. The van der Waals surface area contributed by atoms with Gasteiger partial charge in [-0.1, -0.05) is 0 Å². The first-order chi connectivity index (χ1) is 9.49. The Morgan fingerprint density at radius 1 is 1.40 bits per heavy atom. The molecule has 0 saturated carbocycles. The normalized spacial score (nSPS) is 18.6. The third-order valence-electron chi connectivity index (χ3n) is 3.63. The van der Waals surface area contributed by atoms with Gasteiger partial charge in [0, 0.05) is 24.2 Å². The van der Waals surface area contributed by atoms with Gasteiger partial charge in [0.15, 0.2) is 11.6 Å². The molecular formula is C15H20F2N2O. The van der Waals surface area contributed by atoms with Crippen LogP contribution < -0.4 is 5.32 Å². The van der Waals surface area contributed by atoms with E-state index in [1.54, 1.807) is 4.90 Å². The summed E-state index contributed by atoms with van der Waals surface area (Å²) in [5.74, 6) is -2.18. The van der Waals surface area contributed by atoms with Crippen molar-refractivity contribution >= 4 is 5.91 Å². The van der Waals surface area contributed by atoms with E-state index in [-0.39, 0.29) is 23.6 Å². The van der Waals surface area contributed by atoms with Crippen LogP contribution in [-0.4, -0.2) is 36.0 Å². The molecule has 110 valence electrons. The fraction of sp³-hybridized carbons (Fsp3) is 0.533. The standard InChI is InChI=1S/C15H20F2N2O/c1-10(2)19(9-12-4-3-7-18-12)15(20)11-5-6-13(16)14(17)8-11/h5-6,8,10,12,18H,3-4,7,9H2,1-2H3. The monoisotopic (exact) mass is 282 g/mol. The molecule has 1 atom stereocenters. The molecule has 1 unspecified atom stereocenters. The van der Waals surface area contributed by atoms with Crippen LogP contribution >= 0.6 is 0 Å². The van der Waals surface area contributed by atoms with E-state index in [1.165, 1.54) is 6.07 Å². The molecule has 0 bridgehead atoms. The van der Waals surface area contributed by atoms with E-state index in [0.717, 1.165) is 31.5 Å². The van der Waals surface area contributed by atoms with Gasteiger partial charge in [-0.25, -0.2) is 8.78 Å². The Morgan fingerprint density at radius 2 is 2.15 bits per heavy atom. The number of carbonyl (C=O) groups is 1. The Bertz CT molecular complexity index is 485. The SMILES string of the molecule is CC(C)N(CC1CCCN1)C(=O)c1ccc(F)c(F)c1. The Morgan fingerprint density at radius 3 is 2.70 bits per heavy atom. The van der Waals surface area contributed by atoms with Crippen molar-refractivity contribution in [2.45, 2.75) is 38.8 Å². The van der Waals surface area contributed by atoms with E-state index < -0.39 is 11.6 Å². The molecule has 20 heavy (non-hydrogen) atoms. The minimum Gasteiger partial charge on any atom is -0.335 e. The maximum Gasteiger partial charge on any atom is 0.254 e. The Labute approximate surface area is 118 Å². The number of halogens is 2. The predicted molar refractivity (Wildman–Crippen MR) is 73.6 cm³/mol. The minimum atomic E-state index is -0.987. The van der Waals surface area contributed by atoms with Gasteiger partial charge in [0.25, 0.3) is 5.91 Å². The first kappa shape index (κ1) is 14.9.